The summed E-state index contributed by atoms with van der Waals surface area (Å²) in [7, 11) is 2.23. The van der Waals surface area contributed by atoms with Crippen LogP contribution in [0.2, 0.25) is 0 Å². The minimum Gasteiger partial charge on any atom is -0.306 e. The lowest BCUT2D eigenvalue weighted by atomic mass is 9.93. The van der Waals surface area contributed by atoms with Crippen molar-refractivity contribution in [2.45, 2.75) is 37.5 Å². The van der Waals surface area contributed by atoms with E-state index in [4.69, 9.17) is 4.98 Å². The van der Waals surface area contributed by atoms with Crippen molar-refractivity contribution in [2.75, 3.05) is 25.9 Å². The molecule has 118 valence electrons. The highest BCUT2D eigenvalue weighted by atomic mass is 32.2. The second-order valence-electron chi connectivity index (χ2n) is 6.66. The highest BCUT2D eigenvalue weighted by Gasteiger charge is 2.26. The van der Waals surface area contributed by atoms with Gasteiger partial charge in [0.1, 0.15) is 11.3 Å². The normalized spacial score (nSPS) is 24.3. The number of hydrogen-bond acceptors (Lipinski definition) is 4. The van der Waals surface area contributed by atoms with Crippen LogP contribution in [-0.4, -0.2) is 45.3 Å². The number of fused-ring (bicyclic) bond motifs is 1. The van der Waals surface area contributed by atoms with Gasteiger partial charge in [0.25, 0.3) is 0 Å². The van der Waals surface area contributed by atoms with Gasteiger partial charge in [0.15, 0.2) is 5.65 Å². The van der Waals surface area contributed by atoms with E-state index in [2.05, 4.69) is 39.3 Å². The summed E-state index contributed by atoms with van der Waals surface area (Å²) in [5, 5.41) is 0.543. The highest BCUT2D eigenvalue weighted by molar-refractivity contribution is 7.99. The van der Waals surface area contributed by atoms with Crippen LogP contribution >= 0.6 is 11.8 Å². The van der Waals surface area contributed by atoms with Crippen LogP contribution in [0.15, 0.2) is 18.3 Å². The molecular formula is C17H24N4S. The minimum atomic E-state index is 0.543. The molecule has 5 heteroatoms. The first-order valence-electron chi connectivity index (χ1n) is 8.43. The quantitative estimate of drug-likeness (QED) is 0.870. The van der Waals surface area contributed by atoms with Crippen LogP contribution in [0, 0.1) is 5.92 Å². The third kappa shape index (κ3) is 2.76. The zero-order chi connectivity index (χ0) is 14.9. The van der Waals surface area contributed by atoms with Gasteiger partial charge in [-0.3, -0.25) is 4.57 Å². The van der Waals surface area contributed by atoms with Crippen molar-refractivity contribution in [1.29, 1.82) is 0 Å². The number of thioether (sulfide) groups is 1. The smallest absolute Gasteiger partial charge is 0.160 e. The van der Waals surface area contributed by atoms with E-state index in [0.717, 1.165) is 23.5 Å². The monoisotopic (exact) mass is 316 g/mol. The summed E-state index contributed by atoms with van der Waals surface area (Å²) >= 11 is 2.07. The van der Waals surface area contributed by atoms with Gasteiger partial charge >= 0.3 is 0 Å². The molecule has 4 heterocycles. The minimum absolute atomic E-state index is 0.543. The van der Waals surface area contributed by atoms with Crippen LogP contribution in [0.25, 0.3) is 11.2 Å². The molecule has 2 aromatic rings. The topological polar surface area (TPSA) is 34.0 Å². The van der Waals surface area contributed by atoms with Gasteiger partial charge in [0, 0.05) is 12.6 Å². The molecule has 0 aliphatic carbocycles. The molecule has 22 heavy (non-hydrogen) atoms. The maximum Gasteiger partial charge on any atom is 0.160 e. The lowest BCUT2D eigenvalue weighted by Crippen LogP contribution is -2.31. The molecule has 0 N–H and O–H groups in total. The Balaban J connectivity index is 1.65. The molecule has 4 nitrogen and oxygen atoms in total. The fraction of sp³-hybridized carbons (Fsp3) is 0.647. The Morgan fingerprint density at radius 1 is 1.27 bits per heavy atom. The molecule has 0 amide bonds. The number of rotatable bonds is 3. The molecule has 2 fully saturated rings. The molecule has 4 rings (SSSR count). The molecule has 0 radical (unpaired) electrons. The molecule has 0 bridgehead atoms. The summed E-state index contributed by atoms with van der Waals surface area (Å²) in [6, 6.07) is 4.11. The summed E-state index contributed by atoms with van der Waals surface area (Å²) in [4.78, 5) is 12.0. The van der Waals surface area contributed by atoms with Crippen LogP contribution < -0.4 is 0 Å². The largest absolute Gasteiger partial charge is 0.306 e. The maximum atomic E-state index is 4.94. The third-order valence-corrected chi connectivity index (χ3v) is 6.38. The number of pyridine rings is 1. The van der Waals surface area contributed by atoms with E-state index in [1.807, 2.05) is 12.3 Å². The van der Waals surface area contributed by atoms with Crippen molar-refractivity contribution in [3.63, 3.8) is 0 Å². The number of piperidine rings is 1. The van der Waals surface area contributed by atoms with Gasteiger partial charge in [-0.05, 0) is 69.6 Å². The van der Waals surface area contributed by atoms with Gasteiger partial charge in [0.05, 0.1) is 5.37 Å². The lowest BCUT2D eigenvalue weighted by Gasteiger charge is -2.29. The Bertz CT molecular complexity index is 639. The zero-order valence-corrected chi connectivity index (χ0v) is 14.1. The molecular weight excluding hydrogens is 292 g/mol. The Morgan fingerprint density at radius 3 is 2.91 bits per heavy atom. The fourth-order valence-corrected chi connectivity index (χ4v) is 5.02. The van der Waals surface area contributed by atoms with Crippen molar-refractivity contribution in [1.82, 2.24) is 19.4 Å². The van der Waals surface area contributed by atoms with E-state index in [0.29, 0.717) is 5.37 Å². The van der Waals surface area contributed by atoms with Crippen LogP contribution in [0.5, 0.6) is 0 Å². The summed E-state index contributed by atoms with van der Waals surface area (Å²) in [5.41, 5.74) is 2.16. The van der Waals surface area contributed by atoms with Crippen LogP contribution in [-0.2, 0) is 6.42 Å². The SMILES string of the molecule is CN1CCC(Cc2nc3cccnc3n2C2CCCS2)CC1. The Morgan fingerprint density at radius 2 is 2.14 bits per heavy atom. The van der Waals surface area contributed by atoms with E-state index in [9.17, 15) is 0 Å². The molecule has 2 aromatic heterocycles. The molecule has 2 aliphatic heterocycles. The predicted molar refractivity (Wildman–Crippen MR) is 92.2 cm³/mol. The Hall–Kier alpha value is -1.07. The van der Waals surface area contributed by atoms with Crippen molar-refractivity contribution in [2.24, 2.45) is 5.92 Å². The maximum absolute atomic E-state index is 4.94. The van der Waals surface area contributed by atoms with Gasteiger partial charge in [-0.15, -0.1) is 11.8 Å². The molecule has 0 aromatic carbocycles. The van der Waals surface area contributed by atoms with Crippen molar-refractivity contribution in [3.8, 4) is 0 Å². The Kier molecular flexibility index (Phi) is 4.09. The highest BCUT2D eigenvalue weighted by Crippen LogP contribution is 2.39. The van der Waals surface area contributed by atoms with Crippen molar-refractivity contribution < 1.29 is 0 Å². The van der Waals surface area contributed by atoms with Gasteiger partial charge in [0.2, 0.25) is 0 Å². The third-order valence-electron chi connectivity index (χ3n) is 5.02. The second kappa shape index (κ2) is 6.20. The van der Waals surface area contributed by atoms with E-state index in [1.165, 1.54) is 50.4 Å². The molecule has 2 aliphatic rings. The lowest BCUT2D eigenvalue weighted by molar-refractivity contribution is 0.216. The van der Waals surface area contributed by atoms with Gasteiger partial charge < -0.3 is 4.90 Å². The number of nitrogens with zero attached hydrogens (tertiary/aromatic N) is 4. The number of aromatic nitrogens is 3. The van der Waals surface area contributed by atoms with Gasteiger partial charge in [-0.2, -0.15) is 0 Å². The predicted octanol–water partition coefficient (Wildman–Crippen LogP) is 3.34. The first-order chi connectivity index (χ1) is 10.8. The van der Waals surface area contributed by atoms with E-state index >= 15 is 0 Å². The molecule has 1 atom stereocenters. The van der Waals surface area contributed by atoms with Crippen LogP contribution in [0.3, 0.4) is 0 Å². The zero-order valence-electron chi connectivity index (χ0n) is 13.2. The molecule has 0 saturated carbocycles. The van der Waals surface area contributed by atoms with Crippen molar-refractivity contribution in [3.05, 3.63) is 24.2 Å². The number of imidazole rings is 1. The Labute approximate surface area is 136 Å². The summed E-state index contributed by atoms with van der Waals surface area (Å²) in [6.45, 7) is 2.45. The first-order valence-corrected chi connectivity index (χ1v) is 9.48. The second-order valence-corrected chi connectivity index (χ2v) is 7.95. The summed E-state index contributed by atoms with van der Waals surface area (Å²) in [6.07, 6.45) is 8.18. The van der Waals surface area contributed by atoms with E-state index in [-0.39, 0.29) is 0 Å². The van der Waals surface area contributed by atoms with Crippen LogP contribution in [0.1, 0.15) is 36.9 Å². The number of likely N-dealkylation sites (tertiary alicyclic amines) is 1. The molecule has 0 spiro atoms. The summed E-state index contributed by atoms with van der Waals surface area (Å²) < 4.78 is 2.45. The van der Waals surface area contributed by atoms with Crippen LogP contribution in [0.4, 0.5) is 0 Å². The van der Waals surface area contributed by atoms with E-state index in [1.54, 1.807) is 0 Å². The van der Waals surface area contributed by atoms with Gasteiger partial charge in [-0.1, -0.05) is 0 Å². The van der Waals surface area contributed by atoms with E-state index < -0.39 is 0 Å². The summed E-state index contributed by atoms with van der Waals surface area (Å²) in [5.74, 6) is 3.31. The average molecular weight is 316 g/mol. The van der Waals surface area contributed by atoms with Crippen molar-refractivity contribution >= 4 is 22.9 Å². The fourth-order valence-electron chi connectivity index (χ4n) is 3.71. The average Bonchev–Trinajstić information content (AvgIpc) is 3.16. The van der Waals surface area contributed by atoms with Gasteiger partial charge in [-0.25, -0.2) is 9.97 Å². The standard InChI is InChI=1S/C17H24N4S/c1-20-9-6-13(7-10-20)12-15-19-14-4-2-8-18-17(14)21(15)16-5-3-11-22-16/h2,4,8,13,16H,3,5-7,9-12H2,1H3. The first kappa shape index (κ1) is 14.5. The number of hydrogen-bond donors (Lipinski definition) is 0. The molecule has 1 unspecified atom stereocenters. The molecule has 2 saturated heterocycles.